The molecule has 7 nitrogen and oxygen atoms in total. The van der Waals surface area contributed by atoms with E-state index in [4.69, 9.17) is 17.3 Å². The second kappa shape index (κ2) is 5.85. The summed E-state index contributed by atoms with van der Waals surface area (Å²) in [6.07, 6.45) is 0.0206. The number of nitrogens with one attached hydrogen (secondary N) is 1. The first-order valence-corrected chi connectivity index (χ1v) is 6.65. The lowest BCUT2D eigenvalue weighted by atomic mass is 10.2. The van der Waals surface area contributed by atoms with Crippen LogP contribution in [0.15, 0.2) is 23.6 Å². The second-order valence-corrected chi connectivity index (χ2v) is 5.12. The number of nitro groups is 1. The summed E-state index contributed by atoms with van der Waals surface area (Å²) in [5.41, 5.74) is 6.04. The number of hydrogen-bond donors (Lipinski definition) is 2. The second-order valence-electron chi connectivity index (χ2n) is 3.82. The van der Waals surface area contributed by atoms with Crippen molar-refractivity contribution in [3.63, 3.8) is 0 Å². The molecule has 0 saturated heterocycles. The molecule has 9 heteroatoms. The zero-order valence-electron chi connectivity index (χ0n) is 10.00. The number of rotatable bonds is 4. The Balaban J connectivity index is 2.11. The van der Waals surface area contributed by atoms with Crippen molar-refractivity contribution in [2.24, 2.45) is 0 Å². The highest BCUT2D eigenvalue weighted by Gasteiger charge is 2.13. The summed E-state index contributed by atoms with van der Waals surface area (Å²) in [4.78, 5) is 25.9. The van der Waals surface area contributed by atoms with Gasteiger partial charge in [0, 0.05) is 17.5 Å². The molecular weight excluding hydrogens is 304 g/mol. The number of nitrogens with two attached hydrogens (primary N) is 1. The van der Waals surface area contributed by atoms with E-state index in [-0.39, 0.29) is 28.7 Å². The number of carbonyl (C=O) groups is 1. The Bertz CT molecular complexity index is 673. The molecule has 0 aliphatic heterocycles. The van der Waals surface area contributed by atoms with Gasteiger partial charge in [-0.2, -0.15) is 0 Å². The van der Waals surface area contributed by atoms with Gasteiger partial charge < -0.3 is 11.1 Å². The number of benzene rings is 1. The van der Waals surface area contributed by atoms with Gasteiger partial charge in [-0.1, -0.05) is 11.6 Å². The molecule has 2 rings (SSSR count). The standard InChI is InChI=1S/C11H9ClN4O3S/c12-8-2-1-7(16(18)19)4-9(8)15-10(17)3-6-5-20-11(13)14-6/h1-2,4-5H,3H2,(H2,13,14)(H,15,17). The van der Waals surface area contributed by atoms with E-state index >= 15 is 0 Å². The maximum absolute atomic E-state index is 11.8. The summed E-state index contributed by atoms with van der Waals surface area (Å²) in [7, 11) is 0. The maximum atomic E-state index is 11.8. The van der Waals surface area contributed by atoms with E-state index in [1.165, 1.54) is 29.5 Å². The molecule has 0 aliphatic rings. The fourth-order valence-electron chi connectivity index (χ4n) is 1.49. The molecule has 0 saturated carbocycles. The summed E-state index contributed by atoms with van der Waals surface area (Å²) >= 11 is 7.11. The molecule has 0 unspecified atom stereocenters. The fraction of sp³-hybridized carbons (Fsp3) is 0.0909. The number of carbonyl (C=O) groups excluding carboxylic acids is 1. The number of halogens is 1. The minimum absolute atomic E-state index is 0.0206. The molecule has 0 radical (unpaired) electrons. The summed E-state index contributed by atoms with van der Waals surface area (Å²) < 4.78 is 0. The molecule has 1 aromatic heterocycles. The lowest BCUT2D eigenvalue weighted by molar-refractivity contribution is -0.384. The van der Waals surface area contributed by atoms with Crippen LogP contribution < -0.4 is 11.1 Å². The van der Waals surface area contributed by atoms with Crippen molar-refractivity contribution in [2.45, 2.75) is 6.42 Å². The first-order valence-electron chi connectivity index (χ1n) is 5.39. The number of nitrogen functional groups attached to an aromatic ring is 1. The Morgan fingerprint density at radius 2 is 2.30 bits per heavy atom. The number of nitro benzene ring substituents is 1. The number of anilines is 2. The van der Waals surface area contributed by atoms with Crippen LogP contribution in [0.2, 0.25) is 5.02 Å². The molecule has 0 bridgehead atoms. The van der Waals surface area contributed by atoms with Gasteiger partial charge in [-0.05, 0) is 6.07 Å². The van der Waals surface area contributed by atoms with Crippen LogP contribution in [0.25, 0.3) is 0 Å². The summed E-state index contributed by atoms with van der Waals surface area (Å²) in [6, 6.07) is 3.82. The highest BCUT2D eigenvalue weighted by atomic mass is 35.5. The van der Waals surface area contributed by atoms with Crippen LogP contribution in [0, 0.1) is 10.1 Å². The van der Waals surface area contributed by atoms with Gasteiger partial charge in [0.15, 0.2) is 5.13 Å². The van der Waals surface area contributed by atoms with Gasteiger partial charge in [0.1, 0.15) is 0 Å². The molecule has 3 N–H and O–H groups in total. The largest absolute Gasteiger partial charge is 0.375 e. The van der Waals surface area contributed by atoms with E-state index < -0.39 is 4.92 Å². The normalized spacial score (nSPS) is 10.2. The smallest absolute Gasteiger partial charge is 0.271 e. The van der Waals surface area contributed by atoms with Crippen molar-refractivity contribution in [3.05, 3.63) is 44.4 Å². The third-order valence-corrected chi connectivity index (χ3v) is 3.40. The van der Waals surface area contributed by atoms with E-state index in [2.05, 4.69) is 10.3 Å². The van der Waals surface area contributed by atoms with Gasteiger partial charge >= 0.3 is 0 Å². The Morgan fingerprint density at radius 1 is 1.55 bits per heavy atom. The lowest BCUT2D eigenvalue weighted by Crippen LogP contribution is -2.15. The molecular formula is C11H9ClN4O3S. The number of hydrogen-bond acceptors (Lipinski definition) is 6. The Kier molecular flexibility index (Phi) is 4.16. The quantitative estimate of drug-likeness (QED) is 0.665. The third kappa shape index (κ3) is 3.43. The molecule has 0 aliphatic carbocycles. The predicted octanol–water partition coefficient (Wildman–Crippen LogP) is 2.47. The van der Waals surface area contributed by atoms with Crippen LogP contribution in [-0.2, 0) is 11.2 Å². The minimum Gasteiger partial charge on any atom is -0.375 e. The van der Waals surface area contributed by atoms with Crippen molar-refractivity contribution in [1.82, 2.24) is 4.98 Å². The Hall–Kier alpha value is -2.19. The summed E-state index contributed by atoms with van der Waals surface area (Å²) in [6.45, 7) is 0. The van der Waals surface area contributed by atoms with Crippen LogP contribution in [0.1, 0.15) is 5.69 Å². The molecule has 104 valence electrons. The van der Waals surface area contributed by atoms with Gasteiger partial charge in [-0.3, -0.25) is 14.9 Å². The van der Waals surface area contributed by atoms with Gasteiger partial charge in [0.05, 0.1) is 27.7 Å². The number of non-ortho nitro benzene ring substituents is 1. The van der Waals surface area contributed by atoms with Crippen molar-refractivity contribution in [2.75, 3.05) is 11.1 Å². The summed E-state index contributed by atoms with van der Waals surface area (Å²) in [5.74, 6) is -0.377. The fourth-order valence-corrected chi connectivity index (χ4v) is 2.21. The Labute approximate surface area is 122 Å². The van der Waals surface area contributed by atoms with E-state index in [0.717, 1.165) is 0 Å². The highest BCUT2D eigenvalue weighted by Crippen LogP contribution is 2.26. The topological polar surface area (TPSA) is 111 Å². The number of amides is 1. The average molecular weight is 313 g/mol. The van der Waals surface area contributed by atoms with Crippen molar-refractivity contribution in [1.29, 1.82) is 0 Å². The molecule has 1 aromatic carbocycles. The van der Waals surface area contributed by atoms with E-state index in [9.17, 15) is 14.9 Å². The minimum atomic E-state index is -0.562. The number of nitrogens with zero attached hydrogens (tertiary/aromatic N) is 2. The van der Waals surface area contributed by atoms with E-state index in [1.807, 2.05) is 0 Å². The molecule has 20 heavy (non-hydrogen) atoms. The number of thiazole rings is 1. The average Bonchev–Trinajstić information content (AvgIpc) is 2.77. The summed E-state index contributed by atoms with van der Waals surface area (Å²) in [5, 5.41) is 15.5. The molecule has 0 atom stereocenters. The van der Waals surface area contributed by atoms with Crippen molar-refractivity contribution >= 4 is 45.4 Å². The van der Waals surface area contributed by atoms with Crippen molar-refractivity contribution < 1.29 is 9.72 Å². The molecule has 2 aromatic rings. The zero-order valence-corrected chi connectivity index (χ0v) is 11.6. The molecule has 0 fully saturated rings. The molecule has 1 amide bonds. The first kappa shape index (κ1) is 14.2. The predicted molar refractivity (Wildman–Crippen MR) is 77.0 cm³/mol. The highest BCUT2D eigenvalue weighted by molar-refractivity contribution is 7.13. The van der Waals surface area contributed by atoms with Crippen LogP contribution in [-0.4, -0.2) is 15.8 Å². The van der Waals surface area contributed by atoms with Crippen LogP contribution in [0.4, 0.5) is 16.5 Å². The maximum Gasteiger partial charge on any atom is 0.271 e. The zero-order chi connectivity index (χ0) is 14.7. The van der Waals surface area contributed by atoms with Gasteiger partial charge in [-0.15, -0.1) is 11.3 Å². The molecule has 0 spiro atoms. The first-order chi connectivity index (χ1) is 9.45. The van der Waals surface area contributed by atoms with Crippen LogP contribution >= 0.6 is 22.9 Å². The van der Waals surface area contributed by atoms with Crippen molar-refractivity contribution in [3.8, 4) is 0 Å². The Morgan fingerprint density at radius 3 is 2.90 bits per heavy atom. The van der Waals surface area contributed by atoms with E-state index in [1.54, 1.807) is 5.38 Å². The SMILES string of the molecule is Nc1nc(CC(=O)Nc2cc([N+](=O)[O-])ccc2Cl)cs1. The van der Waals surface area contributed by atoms with Gasteiger partial charge in [0.25, 0.3) is 5.69 Å². The molecule has 1 heterocycles. The van der Waals surface area contributed by atoms with Crippen LogP contribution in [0.5, 0.6) is 0 Å². The van der Waals surface area contributed by atoms with Crippen LogP contribution in [0.3, 0.4) is 0 Å². The third-order valence-electron chi connectivity index (χ3n) is 2.35. The monoisotopic (exact) mass is 312 g/mol. The van der Waals surface area contributed by atoms with Gasteiger partial charge in [0.2, 0.25) is 5.91 Å². The lowest BCUT2D eigenvalue weighted by Gasteiger charge is -2.06. The van der Waals surface area contributed by atoms with Gasteiger partial charge in [-0.25, -0.2) is 4.98 Å². The number of aromatic nitrogens is 1. The van der Waals surface area contributed by atoms with E-state index in [0.29, 0.717) is 10.8 Å².